The highest BCUT2D eigenvalue weighted by Crippen LogP contribution is 2.33. The first-order valence-corrected chi connectivity index (χ1v) is 8.30. The number of hydrogen-bond acceptors (Lipinski definition) is 4. The molecule has 1 aromatic heterocycles. The quantitative estimate of drug-likeness (QED) is 0.477. The lowest BCUT2D eigenvalue weighted by Crippen LogP contribution is -2.30. The number of non-ortho nitro benzene ring substituents is 1. The summed E-state index contributed by atoms with van der Waals surface area (Å²) in [6.45, 7) is 7.78. The zero-order valence-electron chi connectivity index (χ0n) is 15.1. The molecule has 0 aliphatic rings. The summed E-state index contributed by atoms with van der Waals surface area (Å²) in [6.07, 6.45) is 0. The van der Waals surface area contributed by atoms with Gasteiger partial charge in [-0.3, -0.25) is 10.1 Å². The predicted molar refractivity (Wildman–Crippen MR) is 96.8 cm³/mol. The summed E-state index contributed by atoms with van der Waals surface area (Å²) in [5, 5.41) is 10.8. The maximum Gasteiger partial charge on any atom is 0.269 e. The molecule has 0 spiro atoms. The summed E-state index contributed by atoms with van der Waals surface area (Å²) in [5.74, 6) is 0.812. The summed E-state index contributed by atoms with van der Waals surface area (Å²) in [7, 11) is 0. The Balaban J connectivity index is 2.03. The minimum absolute atomic E-state index is 0.0000466. The third-order valence-corrected chi connectivity index (χ3v) is 4.13. The van der Waals surface area contributed by atoms with E-state index in [1.807, 2.05) is 32.3 Å². The van der Waals surface area contributed by atoms with Gasteiger partial charge in [-0.1, -0.05) is 0 Å². The lowest BCUT2D eigenvalue weighted by molar-refractivity contribution is -0.384. The van der Waals surface area contributed by atoms with Crippen LogP contribution in [0.5, 0.6) is 5.75 Å². The van der Waals surface area contributed by atoms with Crippen LogP contribution in [0.25, 0.3) is 11.0 Å². The van der Waals surface area contributed by atoms with E-state index >= 15 is 0 Å². The number of ether oxygens (including phenoxy) is 1. The van der Waals surface area contributed by atoms with E-state index in [0.29, 0.717) is 17.1 Å². The van der Waals surface area contributed by atoms with Crippen molar-refractivity contribution in [2.24, 2.45) is 0 Å². The number of nitrogens with zero attached hydrogens (tertiary/aromatic N) is 3. The van der Waals surface area contributed by atoms with Gasteiger partial charge < -0.3 is 9.30 Å². The van der Waals surface area contributed by atoms with Crippen molar-refractivity contribution in [1.29, 1.82) is 0 Å². The Bertz CT molecular complexity index is 962. The highest BCUT2D eigenvalue weighted by molar-refractivity contribution is 5.76. The molecule has 0 fully saturated rings. The van der Waals surface area contributed by atoms with Gasteiger partial charge in [0, 0.05) is 24.2 Å². The van der Waals surface area contributed by atoms with Gasteiger partial charge in [-0.15, -0.1) is 0 Å². The number of aromatic nitrogens is 2. The van der Waals surface area contributed by atoms with Gasteiger partial charge in [0.2, 0.25) is 0 Å². The molecule has 2 aromatic carbocycles. The van der Waals surface area contributed by atoms with Crippen molar-refractivity contribution in [1.82, 2.24) is 9.55 Å². The number of halogens is 1. The van der Waals surface area contributed by atoms with Gasteiger partial charge in [-0.05, 0) is 52.0 Å². The Kier molecular flexibility index (Phi) is 4.39. The Morgan fingerprint density at radius 3 is 2.42 bits per heavy atom. The van der Waals surface area contributed by atoms with E-state index in [4.69, 9.17) is 4.74 Å². The van der Waals surface area contributed by atoms with Crippen molar-refractivity contribution in [3.05, 3.63) is 64.2 Å². The fourth-order valence-corrected chi connectivity index (χ4v) is 3.00. The predicted octanol–water partition coefficient (Wildman–Crippen LogP) is 4.98. The third kappa shape index (κ3) is 3.24. The van der Waals surface area contributed by atoms with Crippen LogP contribution in [0, 0.1) is 15.9 Å². The molecule has 0 radical (unpaired) electrons. The van der Waals surface area contributed by atoms with E-state index in [1.165, 1.54) is 24.3 Å². The third-order valence-electron chi connectivity index (χ3n) is 4.13. The summed E-state index contributed by atoms with van der Waals surface area (Å²) in [6, 6.07) is 10.5. The van der Waals surface area contributed by atoms with Crippen molar-refractivity contribution in [2.75, 3.05) is 0 Å². The molecule has 7 heteroatoms. The number of nitro groups is 1. The molecule has 3 aromatic rings. The second kappa shape index (κ2) is 6.40. The smallest absolute Gasteiger partial charge is 0.269 e. The Labute approximate surface area is 150 Å². The molecule has 26 heavy (non-hydrogen) atoms. The highest BCUT2D eigenvalue weighted by Gasteiger charge is 2.31. The topological polar surface area (TPSA) is 70.2 Å². The average Bonchev–Trinajstić information content (AvgIpc) is 2.94. The van der Waals surface area contributed by atoms with Crippen LogP contribution in [0.4, 0.5) is 10.1 Å². The zero-order valence-corrected chi connectivity index (χ0v) is 15.1. The molecule has 6 nitrogen and oxygen atoms in total. The molecule has 0 atom stereocenters. The van der Waals surface area contributed by atoms with E-state index in [1.54, 1.807) is 18.2 Å². The molecular weight excluding hydrogens is 337 g/mol. The van der Waals surface area contributed by atoms with Crippen LogP contribution in [-0.4, -0.2) is 14.5 Å². The van der Waals surface area contributed by atoms with Gasteiger partial charge in [0.25, 0.3) is 5.69 Å². The summed E-state index contributed by atoms with van der Waals surface area (Å²) in [5.41, 5.74) is 0.571. The van der Waals surface area contributed by atoms with Gasteiger partial charge in [0.05, 0.1) is 16.0 Å². The van der Waals surface area contributed by atoms with Crippen molar-refractivity contribution < 1.29 is 14.1 Å². The summed E-state index contributed by atoms with van der Waals surface area (Å²) in [4.78, 5) is 14.9. The molecule has 0 saturated carbocycles. The Hall–Kier alpha value is -2.96. The lowest BCUT2D eigenvalue weighted by Gasteiger charge is -2.28. The fourth-order valence-electron chi connectivity index (χ4n) is 3.00. The maximum atomic E-state index is 13.6. The van der Waals surface area contributed by atoms with Gasteiger partial charge in [0.15, 0.2) is 11.4 Å². The van der Waals surface area contributed by atoms with Crippen LogP contribution in [-0.2, 0) is 5.60 Å². The molecule has 136 valence electrons. The normalized spacial score (nSPS) is 11.9. The van der Waals surface area contributed by atoms with Crippen LogP contribution in [0.1, 0.15) is 39.6 Å². The molecule has 0 bridgehead atoms. The van der Waals surface area contributed by atoms with Crippen molar-refractivity contribution in [3.8, 4) is 5.75 Å². The Morgan fingerprint density at radius 1 is 1.19 bits per heavy atom. The molecule has 0 aliphatic heterocycles. The van der Waals surface area contributed by atoms with Gasteiger partial charge in [-0.2, -0.15) is 0 Å². The van der Waals surface area contributed by atoms with E-state index in [2.05, 4.69) is 4.98 Å². The van der Waals surface area contributed by atoms with Crippen LogP contribution in [0.2, 0.25) is 0 Å². The maximum absolute atomic E-state index is 13.6. The minimum atomic E-state index is -0.824. The minimum Gasteiger partial charge on any atom is -0.480 e. The van der Waals surface area contributed by atoms with Crippen LogP contribution < -0.4 is 4.74 Å². The SMILES string of the molecule is CC(C)n1c(C(C)(C)Oc2ccc([N+](=O)[O-])cc2)nc2cc(F)ccc21. The standard InChI is InChI=1S/C19H20FN3O3/c1-12(2)22-17-10-5-13(20)11-16(17)21-18(22)19(3,4)26-15-8-6-14(7-9-15)23(24)25/h5-12H,1-4H3. The highest BCUT2D eigenvalue weighted by atomic mass is 19.1. The van der Waals surface area contributed by atoms with Gasteiger partial charge in [-0.25, -0.2) is 9.37 Å². The monoisotopic (exact) mass is 357 g/mol. The van der Waals surface area contributed by atoms with Crippen LogP contribution >= 0.6 is 0 Å². The van der Waals surface area contributed by atoms with E-state index in [-0.39, 0.29) is 17.5 Å². The number of rotatable bonds is 5. The fraction of sp³-hybridized carbons (Fsp3) is 0.316. The van der Waals surface area contributed by atoms with E-state index < -0.39 is 10.5 Å². The Morgan fingerprint density at radius 2 is 1.85 bits per heavy atom. The van der Waals surface area contributed by atoms with Crippen molar-refractivity contribution in [2.45, 2.75) is 39.3 Å². The molecular formula is C19H20FN3O3. The first-order chi connectivity index (χ1) is 12.2. The molecule has 0 N–H and O–H groups in total. The molecule has 0 saturated heterocycles. The van der Waals surface area contributed by atoms with Gasteiger partial charge in [0.1, 0.15) is 11.6 Å². The van der Waals surface area contributed by atoms with Crippen LogP contribution in [0.15, 0.2) is 42.5 Å². The van der Waals surface area contributed by atoms with E-state index in [0.717, 1.165) is 5.52 Å². The summed E-state index contributed by atoms with van der Waals surface area (Å²) < 4.78 is 21.7. The first kappa shape index (κ1) is 17.8. The molecule has 0 amide bonds. The second-order valence-corrected chi connectivity index (χ2v) is 6.90. The number of benzene rings is 2. The largest absolute Gasteiger partial charge is 0.480 e. The second-order valence-electron chi connectivity index (χ2n) is 6.90. The number of imidazole rings is 1. The lowest BCUT2D eigenvalue weighted by atomic mass is 10.1. The number of hydrogen-bond donors (Lipinski definition) is 0. The first-order valence-electron chi connectivity index (χ1n) is 8.30. The molecule has 1 heterocycles. The molecule has 0 unspecified atom stereocenters. The molecule has 3 rings (SSSR count). The number of fused-ring (bicyclic) bond motifs is 1. The van der Waals surface area contributed by atoms with Crippen LogP contribution in [0.3, 0.4) is 0 Å². The average molecular weight is 357 g/mol. The summed E-state index contributed by atoms with van der Waals surface area (Å²) >= 11 is 0. The van der Waals surface area contributed by atoms with E-state index in [9.17, 15) is 14.5 Å². The molecule has 0 aliphatic carbocycles. The van der Waals surface area contributed by atoms with Crippen molar-refractivity contribution >= 4 is 16.7 Å². The van der Waals surface area contributed by atoms with Crippen molar-refractivity contribution in [3.63, 3.8) is 0 Å². The van der Waals surface area contributed by atoms with Gasteiger partial charge >= 0.3 is 0 Å². The number of nitro benzene ring substituents is 1. The zero-order chi connectivity index (χ0) is 19.1.